The van der Waals surface area contributed by atoms with Gasteiger partial charge >= 0.3 is 0 Å². The third-order valence-corrected chi connectivity index (χ3v) is 3.54. The summed E-state index contributed by atoms with van der Waals surface area (Å²) in [6.45, 7) is 0. The fraction of sp³-hybridized carbons (Fsp3) is 0.0714. The zero-order valence-electron chi connectivity index (χ0n) is 12.2. The maximum absolute atomic E-state index is 10.6. The van der Waals surface area contributed by atoms with Crippen molar-refractivity contribution in [3.63, 3.8) is 0 Å². The molecule has 2 N–H and O–H groups in total. The lowest BCUT2D eigenvalue weighted by Gasteiger charge is -2.07. The Balaban J connectivity index is 1.79. The largest absolute Gasteiger partial charge is 0.332 e. The molecule has 23 heavy (non-hydrogen) atoms. The van der Waals surface area contributed by atoms with Gasteiger partial charge in [-0.1, -0.05) is 0 Å². The minimum absolute atomic E-state index is 0.444. The number of thiol groups is 1. The van der Waals surface area contributed by atoms with Crippen molar-refractivity contribution in [2.24, 2.45) is 7.05 Å². The van der Waals surface area contributed by atoms with Crippen LogP contribution >= 0.6 is 0 Å². The van der Waals surface area contributed by atoms with Crippen LogP contribution in [0.15, 0.2) is 49.1 Å². The Morgan fingerprint density at radius 1 is 1.09 bits per heavy atom. The molecule has 0 aliphatic heterocycles. The fourth-order valence-corrected chi connectivity index (χ4v) is 2.39. The van der Waals surface area contributed by atoms with E-state index in [1.165, 1.54) is 0 Å². The Morgan fingerprint density at radius 3 is 2.48 bits per heavy atom. The Kier molecular flexibility index (Phi) is 4.20. The summed E-state index contributed by atoms with van der Waals surface area (Å²) in [6.07, 6.45) is 5.10. The third-order valence-electron chi connectivity index (χ3n) is 3.10. The second kappa shape index (κ2) is 6.44. The maximum Gasteiger partial charge on any atom is 0.227 e. The van der Waals surface area contributed by atoms with Gasteiger partial charge in [0.15, 0.2) is 0 Å². The monoisotopic (exact) mass is 330 g/mol. The van der Waals surface area contributed by atoms with Gasteiger partial charge in [-0.05, 0) is 30.3 Å². The summed E-state index contributed by atoms with van der Waals surface area (Å²) in [5.41, 5.74) is 2.88. The quantitative estimate of drug-likeness (QED) is 0.614. The first-order chi connectivity index (χ1) is 11.1. The van der Waals surface area contributed by atoms with Gasteiger partial charge in [-0.25, -0.2) is 23.4 Å². The topological polar surface area (TPSA) is 102 Å². The summed E-state index contributed by atoms with van der Waals surface area (Å²) in [7, 11) is -0.773. The molecule has 0 saturated heterocycles. The second-order valence-electron chi connectivity index (χ2n) is 4.73. The molecule has 3 aromatic rings. The molecule has 0 amide bonds. The minimum Gasteiger partial charge on any atom is -0.332 e. The van der Waals surface area contributed by atoms with Crippen molar-refractivity contribution < 1.29 is 8.42 Å². The molecule has 2 aromatic heterocycles. The van der Waals surface area contributed by atoms with Gasteiger partial charge in [-0.3, -0.25) is 4.72 Å². The van der Waals surface area contributed by atoms with Gasteiger partial charge < -0.3 is 9.88 Å². The number of nitrogens with zero attached hydrogens (tertiary/aromatic N) is 4. The zero-order chi connectivity index (χ0) is 16.2. The van der Waals surface area contributed by atoms with Crippen LogP contribution in [-0.2, 0) is 17.9 Å². The lowest BCUT2D eigenvalue weighted by atomic mass is 10.3. The first-order valence-electron chi connectivity index (χ1n) is 6.70. The summed E-state index contributed by atoms with van der Waals surface area (Å²) < 4.78 is 25.4. The van der Waals surface area contributed by atoms with E-state index < -0.39 is 10.9 Å². The Bertz CT molecular complexity index is 880. The van der Waals surface area contributed by atoms with E-state index in [1.807, 2.05) is 11.6 Å². The number of aromatic nitrogens is 4. The van der Waals surface area contributed by atoms with E-state index in [1.54, 1.807) is 49.1 Å². The molecular formula is C14H14N6O2S. The number of hydrogen-bond donors (Lipinski definition) is 3. The van der Waals surface area contributed by atoms with E-state index in [-0.39, 0.29) is 0 Å². The molecule has 0 spiro atoms. The average molecular weight is 330 g/mol. The molecule has 0 bridgehead atoms. The summed E-state index contributed by atoms with van der Waals surface area (Å²) in [4.78, 5) is 12.7. The lowest BCUT2D eigenvalue weighted by Crippen LogP contribution is -2.00. The van der Waals surface area contributed by atoms with Gasteiger partial charge in [0.2, 0.25) is 16.8 Å². The van der Waals surface area contributed by atoms with Crippen LogP contribution in [0.4, 0.5) is 17.3 Å². The molecule has 9 heteroatoms. The standard InChI is InChI=1S/C14H14N6O2S/c1-20-9-15-8-13(20)12-6-7-16-14(18-12)17-10-2-4-11(5-3-10)19-23(21)22/h2-9,23H,1H3,(H,16,17,18)(H,19,21,22). The van der Waals surface area contributed by atoms with Gasteiger partial charge in [0.05, 0.1) is 23.9 Å². The molecule has 1 aromatic carbocycles. The highest BCUT2D eigenvalue weighted by Gasteiger charge is 2.06. The molecule has 3 rings (SSSR count). The van der Waals surface area contributed by atoms with Gasteiger partial charge in [0.1, 0.15) is 0 Å². The highest BCUT2D eigenvalue weighted by atomic mass is 32.2. The summed E-state index contributed by atoms with van der Waals surface area (Å²) in [5.74, 6) is 0.444. The van der Waals surface area contributed by atoms with Crippen molar-refractivity contribution in [3.8, 4) is 11.4 Å². The minimum atomic E-state index is -2.67. The van der Waals surface area contributed by atoms with Crippen molar-refractivity contribution in [2.75, 3.05) is 10.0 Å². The van der Waals surface area contributed by atoms with Crippen LogP contribution in [-0.4, -0.2) is 27.9 Å². The zero-order valence-corrected chi connectivity index (χ0v) is 13.1. The molecule has 0 atom stereocenters. The fourth-order valence-electron chi connectivity index (χ4n) is 2.03. The Labute approximate surface area is 134 Å². The predicted molar refractivity (Wildman–Crippen MR) is 87.9 cm³/mol. The van der Waals surface area contributed by atoms with Crippen molar-refractivity contribution in [1.29, 1.82) is 0 Å². The van der Waals surface area contributed by atoms with E-state index in [0.717, 1.165) is 17.1 Å². The molecule has 8 nitrogen and oxygen atoms in total. The summed E-state index contributed by atoms with van der Waals surface area (Å²) >= 11 is 0. The van der Waals surface area contributed by atoms with Gasteiger partial charge in [0, 0.05) is 24.6 Å². The van der Waals surface area contributed by atoms with Crippen LogP contribution in [0, 0.1) is 0 Å². The van der Waals surface area contributed by atoms with Crippen molar-refractivity contribution >= 4 is 28.2 Å². The highest BCUT2D eigenvalue weighted by Crippen LogP contribution is 2.19. The lowest BCUT2D eigenvalue weighted by molar-refractivity contribution is 0.619. The number of rotatable bonds is 5. The maximum atomic E-state index is 10.6. The SMILES string of the molecule is Cn1cncc1-c1ccnc(Nc2ccc(N[SH](=O)=O)cc2)n1. The first kappa shape index (κ1) is 15.0. The van der Waals surface area contributed by atoms with Crippen LogP contribution in [0.1, 0.15) is 0 Å². The Morgan fingerprint density at radius 2 is 1.83 bits per heavy atom. The molecule has 2 heterocycles. The van der Waals surface area contributed by atoms with Gasteiger partial charge in [-0.2, -0.15) is 0 Å². The number of hydrogen-bond acceptors (Lipinski definition) is 6. The molecule has 0 fully saturated rings. The van der Waals surface area contributed by atoms with E-state index in [4.69, 9.17) is 0 Å². The highest BCUT2D eigenvalue weighted by molar-refractivity contribution is 7.73. The normalized spacial score (nSPS) is 10.7. The molecular weight excluding hydrogens is 316 g/mol. The third kappa shape index (κ3) is 3.64. The van der Waals surface area contributed by atoms with Gasteiger partial charge in [-0.15, -0.1) is 0 Å². The van der Waals surface area contributed by atoms with Crippen LogP contribution in [0.3, 0.4) is 0 Å². The van der Waals surface area contributed by atoms with Crippen LogP contribution in [0.5, 0.6) is 0 Å². The van der Waals surface area contributed by atoms with Crippen LogP contribution in [0.25, 0.3) is 11.4 Å². The molecule has 0 saturated carbocycles. The van der Waals surface area contributed by atoms with E-state index >= 15 is 0 Å². The second-order valence-corrected chi connectivity index (χ2v) is 5.46. The van der Waals surface area contributed by atoms with E-state index in [0.29, 0.717) is 11.6 Å². The number of anilines is 3. The molecule has 0 aliphatic carbocycles. The molecule has 0 unspecified atom stereocenters. The van der Waals surface area contributed by atoms with Crippen molar-refractivity contribution in [1.82, 2.24) is 19.5 Å². The van der Waals surface area contributed by atoms with Crippen molar-refractivity contribution in [2.45, 2.75) is 0 Å². The molecule has 0 aliphatic rings. The molecule has 0 radical (unpaired) electrons. The number of imidazole rings is 1. The molecule has 118 valence electrons. The summed E-state index contributed by atoms with van der Waals surface area (Å²) in [5, 5.41) is 3.08. The Hall–Kier alpha value is -2.94. The van der Waals surface area contributed by atoms with Gasteiger partial charge in [0.25, 0.3) is 0 Å². The van der Waals surface area contributed by atoms with Crippen LogP contribution < -0.4 is 10.0 Å². The van der Waals surface area contributed by atoms with Crippen molar-refractivity contribution in [3.05, 3.63) is 49.1 Å². The average Bonchev–Trinajstić information content (AvgIpc) is 2.95. The van der Waals surface area contributed by atoms with E-state index in [9.17, 15) is 8.42 Å². The number of nitrogens with one attached hydrogen (secondary N) is 2. The van der Waals surface area contributed by atoms with Crippen LogP contribution in [0.2, 0.25) is 0 Å². The summed E-state index contributed by atoms with van der Waals surface area (Å²) in [6, 6.07) is 8.58. The number of aryl methyl sites for hydroxylation is 1. The predicted octanol–water partition coefficient (Wildman–Crippen LogP) is 1.56. The number of benzene rings is 1. The first-order valence-corrected chi connectivity index (χ1v) is 7.87. The van der Waals surface area contributed by atoms with E-state index in [2.05, 4.69) is 25.0 Å². The smallest absolute Gasteiger partial charge is 0.227 e.